The van der Waals surface area contributed by atoms with Gasteiger partial charge in [0.15, 0.2) is 12.4 Å². The zero-order valence-corrected chi connectivity index (χ0v) is 7.33. The van der Waals surface area contributed by atoms with E-state index in [-0.39, 0.29) is 0 Å². The van der Waals surface area contributed by atoms with Gasteiger partial charge < -0.3 is 0 Å². The topological polar surface area (TPSA) is 27.7 Å². The summed E-state index contributed by atoms with van der Waals surface area (Å²) in [6.45, 7) is 3.21. The van der Waals surface area contributed by atoms with Crippen molar-refractivity contribution in [3.8, 4) is 6.07 Å². The van der Waals surface area contributed by atoms with Gasteiger partial charge in [-0.15, -0.1) is 0 Å². The van der Waals surface area contributed by atoms with Crippen molar-refractivity contribution in [2.75, 3.05) is 0 Å². The molecule has 0 aliphatic rings. The Morgan fingerprint density at radius 1 is 1.42 bits per heavy atom. The number of nitriles is 1. The van der Waals surface area contributed by atoms with Gasteiger partial charge >= 0.3 is 0 Å². The SMILES string of the molecule is CCCC[n+]1ccc(C#N)cc1. The Labute approximate surface area is 73.1 Å². The molecule has 0 saturated heterocycles. The Bertz CT molecular complexity index is 269. The van der Waals surface area contributed by atoms with E-state index >= 15 is 0 Å². The monoisotopic (exact) mass is 161 g/mol. The highest BCUT2D eigenvalue weighted by Gasteiger charge is 1.98. The van der Waals surface area contributed by atoms with Gasteiger partial charge in [-0.25, -0.2) is 4.57 Å². The first-order valence-corrected chi connectivity index (χ1v) is 4.26. The molecular weight excluding hydrogens is 148 g/mol. The van der Waals surface area contributed by atoms with Gasteiger partial charge in [-0.2, -0.15) is 5.26 Å². The van der Waals surface area contributed by atoms with Gasteiger partial charge in [0.25, 0.3) is 0 Å². The van der Waals surface area contributed by atoms with Crippen LogP contribution in [-0.2, 0) is 6.54 Å². The van der Waals surface area contributed by atoms with Crippen molar-refractivity contribution in [3.63, 3.8) is 0 Å². The molecule has 2 heteroatoms. The highest BCUT2D eigenvalue weighted by molar-refractivity contribution is 5.23. The molecule has 1 heterocycles. The van der Waals surface area contributed by atoms with Gasteiger partial charge in [-0.05, 0) is 0 Å². The van der Waals surface area contributed by atoms with Crippen molar-refractivity contribution in [1.82, 2.24) is 0 Å². The van der Waals surface area contributed by atoms with Crippen molar-refractivity contribution in [1.29, 1.82) is 5.26 Å². The first-order chi connectivity index (χ1) is 5.86. The molecule has 0 fully saturated rings. The zero-order valence-electron chi connectivity index (χ0n) is 7.33. The standard InChI is InChI=1S/C10H13N2/c1-2-3-6-12-7-4-10(9-11)5-8-12/h4-5,7-8H,2-3,6H2,1H3/q+1. The number of nitrogens with zero attached hydrogens (tertiary/aromatic N) is 2. The van der Waals surface area contributed by atoms with Gasteiger partial charge in [0.05, 0.1) is 11.6 Å². The second kappa shape index (κ2) is 4.50. The fourth-order valence-electron chi connectivity index (χ4n) is 1.02. The van der Waals surface area contributed by atoms with Crippen LogP contribution in [0.2, 0.25) is 0 Å². The Hall–Kier alpha value is -1.36. The van der Waals surface area contributed by atoms with Crippen LogP contribution < -0.4 is 4.57 Å². The predicted octanol–water partition coefficient (Wildman–Crippen LogP) is 1.65. The quantitative estimate of drug-likeness (QED) is 0.619. The lowest BCUT2D eigenvalue weighted by Gasteiger charge is -1.93. The second-order valence-corrected chi connectivity index (χ2v) is 2.79. The lowest BCUT2D eigenvalue weighted by Crippen LogP contribution is -2.32. The van der Waals surface area contributed by atoms with E-state index in [0.29, 0.717) is 0 Å². The van der Waals surface area contributed by atoms with Crippen molar-refractivity contribution in [2.45, 2.75) is 26.3 Å². The molecule has 1 rings (SSSR count). The van der Waals surface area contributed by atoms with Gasteiger partial charge in [-0.1, -0.05) is 13.3 Å². The number of hydrogen-bond donors (Lipinski definition) is 0. The average molecular weight is 161 g/mol. The Morgan fingerprint density at radius 2 is 2.08 bits per heavy atom. The molecule has 0 saturated carbocycles. The van der Waals surface area contributed by atoms with Gasteiger partial charge in [0, 0.05) is 18.6 Å². The summed E-state index contributed by atoms with van der Waals surface area (Å²) in [4.78, 5) is 0. The zero-order chi connectivity index (χ0) is 8.81. The first kappa shape index (κ1) is 8.73. The average Bonchev–Trinajstić information content (AvgIpc) is 2.15. The Morgan fingerprint density at radius 3 is 2.58 bits per heavy atom. The van der Waals surface area contributed by atoms with Crippen LogP contribution in [0.15, 0.2) is 24.5 Å². The molecule has 0 atom stereocenters. The summed E-state index contributed by atoms with van der Waals surface area (Å²) in [6.07, 6.45) is 6.30. The van der Waals surface area contributed by atoms with Crippen LogP contribution in [0.5, 0.6) is 0 Å². The molecule has 1 aromatic rings. The van der Waals surface area contributed by atoms with E-state index in [1.807, 2.05) is 24.5 Å². The fourth-order valence-corrected chi connectivity index (χ4v) is 1.02. The molecule has 1 aromatic heterocycles. The van der Waals surface area contributed by atoms with E-state index < -0.39 is 0 Å². The molecular formula is C10H13N2+. The highest BCUT2D eigenvalue weighted by atomic mass is 14.9. The highest BCUT2D eigenvalue weighted by Crippen LogP contribution is 1.92. The smallest absolute Gasteiger partial charge is 0.170 e. The third-order valence-electron chi connectivity index (χ3n) is 1.79. The summed E-state index contributed by atoms with van der Waals surface area (Å²) in [7, 11) is 0. The molecule has 0 unspecified atom stereocenters. The van der Waals surface area contributed by atoms with Crippen LogP contribution in [0.1, 0.15) is 25.3 Å². The summed E-state index contributed by atoms with van der Waals surface area (Å²) in [5.74, 6) is 0. The number of aryl methyl sites for hydroxylation is 1. The summed E-state index contributed by atoms with van der Waals surface area (Å²) < 4.78 is 2.10. The van der Waals surface area contributed by atoms with Crippen LogP contribution in [0, 0.1) is 11.3 Å². The number of hydrogen-bond acceptors (Lipinski definition) is 1. The molecule has 2 nitrogen and oxygen atoms in total. The largest absolute Gasteiger partial charge is 0.205 e. The summed E-state index contributed by atoms with van der Waals surface area (Å²) in [6, 6.07) is 5.78. The van der Waals surface area contributed by atoms with Crippen LogP contribution in [-0.4, -0.2) is 0 Å². The molecule has 0 amide bonds. The van der Waals surface area contributed by atoms with Crippen LogP contribution in [0.4, 0.5) is 0 Å². The summed E-state index contributed by atoms with van der Waals surface area (Å²) in [5.41, 5.74) is 0.725. The Balaban J connectivity index is 2.60. The molecule has 0 aliphatic carbocycles. The van der Waals surface area contributed by atoms with E-state index in [4.69, 9.17) is 5.26 Å². The van der Waals surface area contributed by atoms with Crippen LogP contribution >= 0.6 is 0 Å². The number of pyridine rings is 1. The van der Waals surface area contributed by atoms with Crippen molar-refractivity contribution in [3.05, 3.63) is 30.1 Å². The molecule has 0 radical (unpaired) electrons. The second-order valence-electron chi connectivity index (χ2n) is 2.79. The molecule has 62 valence electrons. The van der Waals surface area contributed by atoms with Gasteiger partial charge in [-0.3, -0.25) is 0 Å². The molecule has 12 heavy (non-hydrogen) atoms. The molecule has 0 spiro atoms. The lowest BCUT2D eigenvalue weighted by molar-refractivity contribution is -0.697. The maximum Gasteiger partial charge on any atom is 0.170 e. The maximum absolute atomic E-state index is 8.55. The first-order valence-electron chi connectivity index (χ1n) is 4.26. The molecule has 0 aliphatic heterocycles. The minimum absolute atomic E-state index is 0.725. The van der Waals surface area contributed by atoms with Crippen molar-refractivity contribution in [2.24, 2.45) is 0 Å². The van der Waals surface area contributed by atoms with Crippen molar-refractivity contribution < 1.29 is 4.57 Å². The van der Waals surface area contributed by atoms with E-state index in [0.717, 1.165) is 12.1 Å². The van der Waals surface area contributed by atoms with E-state index in [1.165, 1.54) is 12.8 Å². The third-order valence-corrected chi connectivity index (χ3v) is 1.79. The fraction of sp³-hybridized carbons (Fsp3) is 0.400. The lowest BCUT2D eigenvalue weighted by atomic mass is 10.3. The maximum atomic E-state index is 8.55. The molecule has 0 bridgehead atoms. The Kier molecular flexibility index (Phi) is 3.28. The summed E-state index contributed by atoms with van der Waals surface area (Å²) in [5, 5.41) is 8.55. The minimum Gasteiger partial charge on any atom is -0.205 e. The van der Waals surface area contributed by atoms with Crippen LogP contribution in [0.25, 0.3) is 0 Å². The summed E-state index contributed by atoms with van der Waals surface area (Å²) >= 11 is 0. The number of rotatable bonds is 3. The van der Waals surface area contributed by atoms with E-state index in [2.05, 4.69) is 17.6 Å². The van der Waals surface area contributed by atoms with Crippen molar-refractivity contribution >= 4 is 0 Å². The van der Waals surface area contributed by atoms with E-state index in [9.17, 15) is 0 Å². The molecule has 0 aromatic carbocycles. The van der Waals surface area contributed by atoms with Crippen LogP contribution in [0.3, 0.4) is 0 Å². The van der Waals surface area contributed by atoms with Gasteiger partial charge in [0.1, 0.15) is 6.54 Å². The normalized spacial score (nSPS) is 9.33. The third kappa shape index (κ3) is 2.35. The predicted molar refractivity (Wildman–Crippen MR) is 46.3 cm³/mol. The van der Waals surface area contributed by atoms with Gasteiger partial charge in [0.2, 0.25) is 0 Å². The number of aromatic nitrogens is 1. The molecule has 0 N–H and O–H groups in total. The number of unbranched alkanes of at least 4 members (excludes halogenated alkanes) is 1. The minimum atomic E-state index is 0.725. The van der Waals surface area contributed by atoms with E-state index in [1.54, 1.807) is 0 Å².